The van der Waals surface area contributed by atoms with Crippen molar-refractivity contribution in [3.63, 3.8) is 0 Å². The number of hydrogen-bond donors (Lipinski definition) is 2. The minimum atomic E-state index is -0.798. The first-order valence-corrected chi connectivity index (χ1v) is 11.9. The van der Waals surface area contributed by atoms with E-state index >= 15 is 0 Å². The molecule has 35 heavy (non-hydrogen) atoms. The van der Waals surface area contributed by atoms with Crippen molar-refractivity contribution >= 4 is 17.7 Å². The van der Waals surface area contributed by atoms with E-state index in [9.17, 15) is 14.0 Å². The number of amides is 2. The lowest BCUT2D eigenvalue weighted by Crippen LogP contribution is -2.51. The van der Waals surface area contributed by atoms with Crippen molar-refractivity contribution in [2.75, 3.05) is 50.8 Å². The number of urea groups is 1. The summed E-state index contributed by atoms with van der Waals surface area (Å²) in [6.07, 6.45) is 0. The first-order chi connectivity index (χ1) is 17.0. The van der Waals surface area contributed by atoms with Gasteiger partial charge >= 0.3 is 12.0 Å². The number of hydrogen-bond acceptors (Lipinski definition) is 6. The Morgan fingerprint density at radius 1 is 1.06 bits per heavy atom. The highest BCUT2D eigenvalue weighted by atomic mass is 19.1. The normalized spacial score (nSPS) is 18.7. The maximum atomic E-state index is 13.9. The summed E-state index contributed by atoms with van der Waals surface area (Å²) >= 11 is 0. The maximum absolute atomic E-state index is 13.9. The van der Waals surface area contributed by atoms with Crippen molar-refractivity contribution in [3.8, 4) is 5.75 Å². The fourth-order valence-electron chi connectivity index (χ4n) is 4.50. The molecular formula is C26H31FN4O4. The first-order valence-electron chi connectivity index (χ1n) is 11.9. The Labute approximate surface area is 204 Å². The predicted octanol–water partition coefficient (Wildman–Crippen LogP) is 3.22. The van der Waals surface area contributed by atoms with Crippen LogP contribution in [0.15, 0.2) is 59.8 Å². The molecule has 0 radical (unpaired) electrons. The second-order valence-corrected chi connectivity index (χ2v) is 8.36. The molecular weight excluding hydrogens is 451 g/mol. The maximum Gasteiger partial charge on any atom is 0.338 e. The van der Waals surface area contributed by atoms with Crippen LogP contribution in [0.1, 0.15) is 25.5 Å². The molecule has 2 aromatic carbocycles. The van der Waals surface area contributed by atoms with Crippen LogP contribution in [0.3, 0.4) is 0 Å². The number of nitrogens with zero attached hydrogens (tertiary/aromatic N) is 2. The third-order valence-electron chi connectivity index (χ3n) is 6.09. The third-order valence-corrected chi connectivity index (χ3v) is 6.09. The predicted molar refractivity (Wildman–Crippen MR) is 131 cm³/mol. The number of anilines is 1. The molecule has 2 aliphatic rings. The average Bonchev–Trinajstić information content (AvgIpc) is 2.85. The van der Waals surface area contributed by atoms with Gasteiger partial charge in [0, 0.05) is 38.4 Å². The lowest BCUT2D eigenvalue weighted by atomic mass is 9.94. The van der Waals surface area contributed by atoms with E-state index in [1.165, 1.54) is 12.1 Å². The van der Waals surface area contributed by atoms with Gasteiger partial charge in [-0.25, -0.2) is 14.0 Å². The largest absolute Gasteiger partial charge is 0.492 e. The van der Waals surface area contributed by atoms with E-state index in [1.807, 2.05) is 25.1 Å². The van der Waals surface area contributed by atoms with Gasteiger partial charge in [-0.2, -0.15) is 0 Å². The Hall–Kier alpha value is -3.59. The second-order valence-electron chi connectivity index (χ2n) is 8.36. The van der Waals surface area contributed by atoms with Crippen molar-refractivity contribution in [2.24, 2.45) is 0 Å². The van der Waals surface area contributed by atoms with Gasteiger partial charge < -0.3 is 25.0 Å². The van der Waals surface area contributed by atoms with Crippen LogP contribution in [0, 0.1) is 5.82 Å². The summed E-state index contributed by atoms with van der Waals surface area (Å²) in [7, 11) is 0. The van der Waals surface area contributed by atoms with Gasteiger partial charge in [-0.3, -0.25) is 4.90 Å². The Morgan fingerprint density at radius 2 is 1.83 bits per heavy atom. The molecule has 0 aromatic heterocycles. The lowest BCUT2D eigenvalue weighted by molar-refractivity contribution is -0.139. The summed E-state index contributed by atoms with van der Waals surface area (Å²) in [5.41, 5.74) is 2.31. The Bertz CT molecular complexity index is 1100. The van der Waals surface area contributed by atoms with Gasteiger partial charge in [-0.15, -0.1) is 0 Å². The molecule has 8 nitrogen and oxygen atoms in total. The van der Waals surface area contributed by atoms with Crippen LogP contribution < -0.4 is 20.3 Å². The van der Waals surface area contributed by atoms with Crippen molar-refractivity contribution in [2.45, 2.75) is 19.9 Å². The molecule has 9 heteroatoms. The molecule has 2 heterocycles. The number of nitrogens with one attached hydrogen (secondary N) is 2. The van der Waals surface area contributed by atoms with E-state index in [1.54, 1.807) is 19.1 Å². The molecule has 0 unspecified atom stereocenters. The first kappa shape index (κ1) is 24.5. The molecule has 0 bridgehead atoms. The second kappa shape index (κ2) is 11.2. The van der Waals surface area contributed by atoms with E-state index in [4.69, 9.17) is 9.47 Å². The summed E-state index contributed by atoms with van der Waals surface area (Å²) in [6, 6.07) is 12.6. The molecule has 2 aromatic rings. The summed E-state index contributed by atoms with van der Waals surface area (Å²) in [5, 5.41) is 5.54. The van der Waals surface area contributed by atoms with Gasteiger partial charge in [0.15, 0.2) is 0 Å². The highest BCUT2D eigenvalue weighted by molar-refractivity contribution is 5.95. The Kier molecular flexibility index (Phi) is 7.87. The number of carbonyl (C=O) groups is 2. The van der Waals surface area contributed by atoms with Crippen molar-refractivity contribution in [1.82, 2.24) is 15.5 Å². The number of carbonyl (C=O) groups excluding carboxylic acids is 2. The van der Waals surface area contributed by atoms with Gasteiger partial charge in [-0.1, -0.05) is 24.3 Å². The van der Waals surface area contributed by atoms with E-state index < -0.39 is 23.9 Å². The van der Waals surface area contributed by atoms with Crippen molar-refractivity contribution in [1.29, 1.82) is 0 Å². The molecule has 0 spiro atoms. The van der Waals surface area contributed by atoms with Crippen molar-refractivity contribution < 1.29 is 23.5 Å². The van der Waals surface area contributed by atoms with E-state index in [0.29, 0.717) is 30.0 Å². The standard InChI is InChI=1S/C26H31FN4O4/c1-3-34-22-11-6-5-10-21(22)31-14-12-30(13-15-31)17-20-23(25(32)35-4-2)24(29-26(33)28-20)18-8-7-9-19(27)16-18/h5-11,16,24H,3-4,12-15,17H2,1-2H3,(H2,28,29,33)/t24-/m0/s1. The van der Waals surface area contributed by atoms with Crippen LogP contribution in [0.4, 0.5) is 14.9 Å². The smallest absolute Gasteiger partial charge is 0.338 e. The third kappa shape index (κ3) is 5.74. The van der Waals surface area contributed by atoms with Gasteiger partial charge in [-0.05, 0) is 43.7 Å². The molecule has 1 atom stereocenters. The summed E-state index contributed by atoms with van der Waals surface area (Å²) in [5.74, 6) is -0.114. The van der Waals surface area contributed by atoms with E-state index in [0.717, 1.165) is 37.6 Å². The zero-order chi connectivity index (χ0) is 24.8. The number of ether oxygens (including phenoxy) is 2. The summed E-state index contributed by atoms with van der Waals surface area (Å²) in [6.45, 7) is 7.85. The zero-order valence-corrected chi connectivity index (χ0v) is 20.1. The molecule has 2 N–H and O–H groups in total. The Morgan fingerprint density at radius 3 is 2.54 bits per heavy atom. The topological polar surface area (TPSA) is 83.1 Å². The fraction of sp³-hybridized carbons (Fsp3) is 0.385. The van der Waals surface area contributed by atoms with Crippen molar-refractivity contribution in [3.05, 3.63) is 71.2 Å². The SMILES string of the molecule is CCOC(=O)C1=C(CN2CCN(c3ccccc3OCC)CC2)NC(=O)N[C@H]1c1cccc(F)c1. The van der Waals surface area contributed by atoms with Gasteiger partial charge in [0.2, 0.25) is 0 Å². The minimum absolute atomic E-state index is 0.192. The molecule has 1 saturated heterocycles. The number of piperazine rings is 1. The average molecular weight is 483 g/mol. The fourth-order valence-corrected chi connectivity index (χ4v) is 4.50. The quantitative estimate of drug-likeness (QED) is 0.563. The molecule has 186 valence electrons. The summed E-state index contributed by atoms with van der Waals surface area (Å²) < 4.78 is 25.0. The molecule has 0 aliphatic carbocycles. The van der Waals surface area contributed by atoms with Gasteiger partial charge in [0.05, 0.1) is 30.5 Å². The number of benzene rings is 2. The number of rotatable bonds is 8. The molecule has 4 rings (SSSR count). The molecule has 2 aliphatic heterocycles. The molecule has 0 saturated carbocycles. The highest BCUT2D eigenvalue weighted by Crippen LogP contribution is 2.31. The van der Waals surface area contributed by atoms with Crippen LogP contribution in [-0.4, -0.2) is 62.8 Å². The van der Waals surface area contributed by atoms with Crippen LogP contribution in [0.25, 0.3) is 0 Å². The van der Waals surface area contributed by atoms with Gasteiger partial charge in [0.1, 0.15) is 11.6 Å². The van der Waals surface area contributed by atoms with E-state index in [2.05, 4.69) is 26.5 Å². The zero-order valence-electron chi connectivity index (χ0n) is 20.1. The minimum Gasteiger partial charge on any atom is -0.492 e. The number of halogens is 1. The van der Waals surface area contributed by atoms with Gasteiger partial charge in [0.25, 0.3) is 0 Å². The van der Waals surface area contributed by atoms with Crippen LogP contribution in [-0.2, 0) is 9.53 Å². The lowest BCUT2D eigenvalue weighted by Gasteiger charge is -2.38. The van der Waals surface area contributed by atoms with Crippen LogP contribution in [0.5, 0.6) is 5.75 Å². The highest BCUT2D eigenvalue weighted by Gasteiger charge is 2.35. The summed E-state index contributed by atoms with van der Waals surface area (Å²) in [4.78, 5) is 29.9. The number of para-hydroxylation sites is 2. The molecule has 2 amide bonds. The Balaban J connectivity index is 1.55. The monoisotopic (exact) mass is 482 g/mol. The number of esters is 1. The van der Waals surface area contributed by atoms with Crippen LogP contribution in [0.2, 0.25) is 0 Å². The molecule has 1 fully saturated rings. The van der Waals surface area contributed by atoms with E-state index in [-0.39, 0.29) is 6.61 Å². The van der Waals surface area contributed by atoms with Crippen LogP contribution >= 0.6 is 0 Å².